The third kappa shape index (κ3) is 2.97. The lowest BCUT2D eigenvalue weighted by atomic mass is 9.87. The maximum absolute atomic E-state index is 11.1. The standard InChI is InChI=1S/C28H16N2O4/c31-29(32)21-9-1-17(2-10-21)23-13-5-19-8-16-26-24(18-3-11-22(12-4-18)30(33)34)14-6-20-7-15-25(23)27(19)28(20)26/h1-16H. The normalized spacial score (nSPS) is 11.4. The Morgan fingerprint density at radius 1 is 0.441 bits per heavy atom. The van der Waals surface area contributed by atoms with Crippen LogP contribution >= 0.6 is 0 Å². The molecule has 6 heteroatoms. The Hall–Kier alpha value is -4.84. The minimum absolute atomic E-state index is 0.0641. The number of nitro benzene ring substituents is 2. The highest BCUT2D eigenvalue weighted by Crippen LogP contribution is 2.42. The molecule has 0 bridgehead atoms. The van der Waals surface area contributed by atoms with E-state index in [0.717, 1.165) is 54.6 Å². The number of benzene rings is 6. The van der Waals surface area contributed by atoms with E-state index in [0.29, 0.717) is 0 Å². The molecule has 0 fully saturated rings. The summed E-state index contributed by atoms with van der Waals surface area (Å²) >= 11 is 0. The summed E-state index contributed by atoms with van der Waals surface area (Å²) < 4.78 is 0. The molecule has 6 rings (SSSR count). The molecule has 0 saturated heterocycles. The zero-order chi connectivity index (χ0) is 23.4. The van der Waals surface area contributed by atoms with Gasteiger partial charge in [-0.2, -0.15) is 0 Å². The lowest BCUT2D eigenvalue weighted by Crippen LogP contribution is -1.91. The fourth-order valence-corrected chi connectivity index (χ4v) is 4.83. The van der Waals surface area contributed by atoms with Gasteiger partial charge in [-0.15, -0.1) is 0 Å². The van der Waals surface area contributed by atoms with Gasteiger partial charge in [0.15, 0.2) is 0 Å². The Bertz CT molecular complexity index is 1610. The Morgan fingerprint density at radius 3 is 1.15 bits per heavy atom. The summed E-state index contributed by atoms with van der Waals surface area (Å²) in [5, 5.41) is 28.8. The zero-order valence-electron chi connectivity index (χ0n) is 17.8. The molecule has 162 valence electrons. The first-order valence-electron chi connectivity index (χ1n) is 10.7. The number of hydrogen-bond acceptors (Lipinski definition) is 4. The van der Waals surface area contributed by atoms with Gasteiger partial charge in [0.1, 0.15) is 0 Å². The monoisotopic (exact) mass is 444 g/mol. The Balaban J connectivity index is 1.60. The molecule has 0 saturated carbocycles. The fraction of sp³-hybridized carbons (Fsp3) is 0. The maximum Gasteiger partial charge on any atom is 0.269 e. The molecule has 0 aliphatic carbocycles. The Labute approximate surface area is 193 Å². The van der Waals surface area contributed by atoms with Crippen molar-refractivity contribution in [1.29, 1.82) is 0 Å². The second kappa shape index (κ2) is 7.35. The molecule has 0 heterocycles. The molecule has 0 spiro atoms. The number of nitrogens with zero attached hydrogens (tertiary/aromatic N) is 2. The number of non-ortho nitro benzene ring substituents is 2. The van der Waals surface area contributed by atoms with Crippen LogP contribution in [-0.2, 0) is 0 Å². The van der Waals surface area contributed by atoms with E-state index in [4.69, 9.17) is 0 Å². The van der Waals surface area contributed by atoms with Crippen molar-refractivity contribution < 1.29 is 9.85 Å². The third-order valence-electron chi connectivity index (χ3n) is 6.44. The molecule has 0 aliphatic rings. The van der Waals surface area contributed by atoms with E-state index in [2.05, 4.69) is 48.5 Å². The van der Waals surface area contributed by atoms with E-state index in [1.54, 1.807) is 24.3 Å². The molecule has 6 nitrogen and oxygen atoms in total. The van der Waals surface area contributed by atoms with Crippen LogP contribution in [0.25, 0.3) is 54.6 Å². The number of nitro groups is 2. The van der Waals surface area contributed by atoms with Crippen LogP contribution in [0.5, 0.6) is 0 Å². The summed E-state index contributed by atoms with van der Waals surface area (Å²) in [7, 11) is 0. The van der Waals surface area contributed by atoms with Gasteiger partial charge in [-0.1, -0.05) is 48.5 Å². The van der Waals surface area contributed by atoms with Crippen molar-refractivity contribution >= 4 is 43.7 Å². The fourth-order valence-electron chi connectivity index (χ4n) is 4.83. The van der Waals surface area contributed by atoms with Crippen LogP contribution in [0.2, 0.25) is 0 Å². The van der Waals surface area contributed by atoms with Crippen LogP contribution in [0.1, 0.15) is 0 Å². The van der Waals surface area contributed by atoms with Crippen molar-refractivity contribution in [3.63, 3.8) is 0 Å². The van der Waals surface area contributed by atoms with E-state index in [1.165, 1.54) is 24.3 Å². The van der Waals surface area contributed by atoms with Crippen molar-refractivity contribution in [2.24, 2.45) is 0 Å². The topological polar surface area (TPSA) is 86.3 Å². The number of hydrogen-bond donors (Lipinski definition) is 0. The highest BCUT2D eigenvalue weighted by atomic mass is 16.6. The third-order valence-corrected chi connectivity index (χ3v) is 6.44. The molecular formula is C28H16N2O4. The van der Waals surface area contributed by atoms with Crippen molar-refractivity contribution in [3.8, 4) is 22.3 Å². The molecule has 0 N–H and O–H groups in total. The maximum atomic E-state index is 11.1. The van der Waals surface area contributed by atoms with Gasteiger partial charge in [-0.3, -0.25) is 20.2 Å². The lowest BCUT2D eigenvalue weighted by Gasteiger charge is -2.16. The first-order chi connectivity index (χ1) is 16.5. The van der Waals surface area contributed by atoms with Crippen LogP contribution in [0, 0.1) is 20.2 Å². The highest BCUT2D eigenvalue weighted by Gasteiger charge is 2.16. The molecule has 34 heavy (non-hydrogen) atoms. The van der Waals surface area contributed by atoms with E-state index in [-0.39, 0.29) is 11.4 Å². The first kappa shape index (κ1) is 19.8. The van der Waals surface area contributed by atoms with Gasteiger partial charge in [0, 0.05) is 24.3 Å². The van der Waals surface area contributed by atoms with E-state index >= 15 is 0 Å². The summed E-state index contributed by atoms with van der Waals surface area (Å²) in [6, 6.07) is 29.9. The summed E-state index contributed by atoms with van der Waals surface area (Å²) in [5.74, 6) is 0. The predicted octanol–water partition coefficient (Wildman–Crippen LogP) is 7.73. The second-order valence-corrected chi connectivity index (χ2v) is 8.26. The molecule has 0 amide bonds. The summed E-state index contributed by atoms with van der Waals surface area (Å²) in [6.45, 7) is 0. The summed E-state index contributed by atoms with van der Waals surface area (Å²) in [5.41, 5.74) is 3.98. The molecule has 0 aromatic heterocycles. The average Bonchev–Trinajstić information content (AvgIpc) is 2.87. The van der Waals surface area contributed by atoms with Gasteiger partial charge in [-0.25, -0.2) is 0 Å². The van der Waals surface area contributed by atoms with Gasteiger partial charge in [0.05, 0.1) is 9.85 Å². The van der Waals surface area contributed by atoms with Gasteiger partial charge in [0.25, 0.3) is 11.4 Å². The second-order valence-electron chi connectivity index (χ2n) is 8.26. The van der Waals surface area contributed by atoms with E-state index in [9.17, 15) is 20.2 Å². The van der Waals surface area contributed by atoms with E-state index in [1.807, 2.05) is 0 Å². The van der Waals surface area contributed by atoms with Crippen molar-refractivity contribution in [2.75, 3.05) is 0 Å². The van der Waals surface area contributed by atoms with Crippen LogP contribution in [0.15, 0.2) is 97.1 Å². The van der Waals surface area contributed by atoms with Crippen molar-refractivity contribution in [2.45, 2.75) is 0 Å². The quantitative estimate of drug-likeness (QED) is 0.158. The Kier molecular flexibility index (Phi) is 4.28. The molecule has 6 aromatic rings. The van der Waals surface area contributed by atoms with Gasteiger partial charge < -0.3 is 0 Å². The van der Waals surface area contributed by atoms with Gasteiger partial charge >= 0.3 is 0 Å². The molecular weight excluding hydrogens is 428 g/mol. The predicted molar refractivity (Wildman–Crippen MR) is 134 cm³/mol. The lowest BCUT2D eigenvalue weighted by molar-refractivity contribution is -0.385. The largest absolute Gasteiger partial charge is 0.269 e. The van der Waals surface area contributed by atoms with Gasteiger partial charge in [-0.05, 0) is 78.8 Å². The zero-order valence-corrected chi connectivity index (χ0v) is 17.8. The first-order valence-corrected chi connectivity index (χ1v) is 10.7. The molecule has 6 aromatic carbocycles. The molecule has 0 aliphatic heterocycles. The number of rotatable bonds is 4. The van der Waals surface area contributed by atoms with Crippen LogP contribution in [0.4, 0.5) is 11.4 Å². The molecule has 0 atom stereocenters. The highest BCUT2D eigenvalue weighted by molar-refractivity contribution is 6.27. The van der Waals surface area contributed by atoms with Crippen molar-refractivity contribution in [3.05, 3.63) is 117 Å². The molecule has 0 radical (unpaired) electrons. The summed E-state index contributed by atoms with van der Waals surface area (Å²) in [6.07, 6.45) is 0. The van der Waals surface area contributed by atoms with Crippen LogP contribution in [-0.4, -0.2) is 9.85 Å². The minimum Gasteiger partial charge on any atom is -0.258 e. The average molecular weight is 444 g/mol. The minimum atomic E-state index is -0.395. The van der Waals surface area contributed by atoms with Crippen molar-refractivity contribution in [1.82, 2.24) is 0 Å². The summed E-state index contributed by atoms with van der Waals surface area (Å²) in [4.78, 5) is 21.3. The van der Waals surface area contributed by atoms with Crippen LogP contribution in [0.3, 0.4) is 0 Å². The SMILES string of the molecule is O=[N+]([O-])c1ccc(-c2ccc3ccc4c(-c5ccc([N+](=O)[O-])cc5)ccc5ccc2c3c54)cc1. The van der Waals surface area contributed by atoms with E-state index < -0.39 is 9.85 Å². The van der Waals surface area contributed by atoms with Gasteiger partial charge in [0.2, 0.25) is 0 Å². The van der Waals surface area contributed by atoms with Crippen LogP contribution < -0.4 is 0 Å². The Morgan fingerprint density at radius 2 is 0.794 bits per heavy atom. The smallest absolute Gasteiger partial charge is 0.258 e. The molecule has 0 unspecified atom stereocenters.